The maximum atomic E-state index is 11.8. The lowest BCUT2D eigenvalue weighted by atomic mass is 10.0. The van der Waals surface area contributed by atoms with E-state index >= 15 is 0 Å². The van der Waals surface area contributed by atoms with E-state index in [1.165, 1.54) is 0 Å². The molecular weight excluding hydrogens is 382 g/mol. The van der Waals surface area contributed by atoms with Crippen LogP contribution in [0.15, 0.2) is 0 Å². The molecule has 9 heteroatoms. The molecule has 0 unspecified atom stereocenters. The molecule has 3 amide bonds. The number of unbranched alkanes of at least 4 members (excludes halogenated alkanes) is 1. The first-order chi connectivity index (χ1) is 13.7. The van der Waals surface area contributed by atoms with E-state index in [0.29, 0.717) is 51.2 Å². The fourth-order valence-electron chi connectivity index (χ4n) is 3.31. The topological polar surface area (TPSA) is 97.9 Å². The number of urea groups is 1. The molecule has 0 aromatic heterocycles. The predicted octanol–water partition coefficient (Wildman–Crippen LogP) is 1.29. The molecular formula is C19H35N3O5S. The number of thioether (sulfide) groups is 1. The summed E-state index contributed by atoms with van der Waals surface area (Å²) in [6, 6.07) is 0.469. The molecule has 2 rings (SSSR count). The highest BCUT2D eigenvalue weighted by molar-refractivity contribution is 8.00. The Morgan fingerprint density at radius 2 is 1.79 bits per heavy atom. The van der Waals surface area contributed by atoms with Crippen LogP contribution in [-0.2, 0) is 19.0 Å². The van der Waals surface area contributed by atoms with Gasteiger partial charge in [0.15, 0.2) is 0 Å². The minimum atomic E-state index is -0.0468. The Bertz CT molecular complexity index is 469. The van der Waals surface area contributed by atoms with Gasteiger partial charge >= 0.3 is 6.03 Å². The summed E-state index contributed by atoms with van der Waals surface area (Å²) >= 11 is 1.91. The lowest BCUT2D eigenvalue weighted by Gasteiger charge is -2.16. The monoisotopic (exact) mass is 417 g/mol. The van der Waals surface area contributed by atoms with E-state index < -0.39 is 0 Å². The highest BCUT2D eigenvalue weighted by Crippen LogP contribution is 2.33. The van der Waals surface area contributed by atoms with Gasteiger partial charge in [0.25, 0.3) is 0 Å². The van der Waals surface area contributed by atoms with Crippen molar-refractivity contribution in [2.24, 2.45) is 0 Å². The van der Waals surface area contributed by atoms with Crippen LogP contribution >= 0.6 is 11.8 Å². The first-order valence-corrected chi connectivity index (χ1v) is 11.4. The maximum absolute atomic E-state index is 11.8. The van der Waals surface area contributed by atoms with Gasteiger partial charge in [-0.05, 0) is 19.3 Å². The molecule has 2 heterocycles. The molecule has 162 valence electrons. The summed E-state index contributed by atoms with van der Waals surface area (Å²) in [5.41, 5.74) is 0. The summed E-state index contributed by atoms with van der Waals surface area (Å²) in [6.45, 7) is 6.15. The lowest BCUT2D eigenvalue weighted by molar-refractivity contribution is -0.121. The predicted molar refractivity (Wildman–Crippen MR) is 110 cm³/mol. The number of fused-ring (bicyclic) bond motifs is 1. The number of nitrogens with one attached hydrogen (secondary N) is 3. The van der Waals surface area contributed by atoms with Crippen molar-refractivity contribution in [1.82, 2.24) is 16.0 Å². The molecule has 3 atom stereocenters. The first-order valence-electron chi connectivity index (χ1n) is 10.4. The van der Waals surface area contributed by atoms with E-state index in [1.54, 1.807) is 0 Å². The van der Waals surface area contributed by atoms with E-state index in [2.05, 4.69) is 22.9 Å². The quantitative estimate of drug-likeness (QED) is 0.259. The third-order valence-corrected chi connectivity index (χ3v) is 6.25. The molecule has 0 aromatic carbocycles. The fraction of sp³-hybridized carbons (Fsp3) is 0.895. The van der Waals surface area contributed by atoms with Gasteiger partial charge in [0, 0.05) is 30.6 Å². The van der Waals surface area contributed by atoms with Gasteiger partial charge in [-0.2, -0.15) is 11.8 Å². The van der Waals surface area contributed by atoms with Crippen molar-refractivity contribution in [2.75, 3.05) is 51.9 Å². The van der Waals surface area contributed by atoms with Crippen LogP contribution in [0.4, 0.5) is 4.79 Å². The van der Waals surface area contributed by atoms with Gasteiger partial charge in [-0.3, -0.25) is 4.79 Å². The molecule has 2 fully saturated rings. The molecule has 3 N–H and O–H groups in total. The molecule has 0 spiro atoms. The Morgan fingerprint density at radius 1 is 1.07 bits per heavy atom. The summed E-state index contributed by atoms with van der Waals surface area (Å²) in [5, 5.41) is 9.29. The third-order valence-electron chi connectivity index (χ3n) is 4.74. The smallest absolute Gasteiger partial charge is 0.315 e. The number of carbonyl (C=O) groups excluding carboxylic acids is 2. The van der Waals surface area contributed by atoms with Crippen molar-refractivity contribution in [3.05, 3.63) is 0 Å². The van der Waals surface area contributed by atoms with Gasteiger partial charge in [-0.15, -0.1) is 0 Å². The molecule has 0 saturated carbocycles. The molecule has 0 bridgehead atoms. The molecule has 0 aliphatic carbocycles. The Labute approximate surface area is 172 Å². The Kier molecular flexibility index (Phi) is 11.7. The van der Waals surface area contributed by atoms with Crippen molar-refractivity contribution in [3.63, 3.8) is 0 Å². The van der Waals surface area contributed by atoms with Crippen molar-refractivity contribution >= 4 is 23.7 Å². The van der Waals surface area contributed by atoms with Gasteiger partial charge in [-0.25, -0.2) is 4.79 Å². The second-order valence-electron chi connectivity index (χ2n) is 7.05. The standard InChI is InChI=1S/C19H35N3O5S/c1-2-8-25-10-12-27-13-11-26-9-7-20-17(23)6-4-3-5-16-18-15(14-28-16)21-19(24)22-18/h15-16,18H,2-14H2,1H3,(H,20,23)(H2,21,22,24)/t15-,16-,18-/m1/s1. The van der Waals surface area contributed by atoms with Gasteiger partial charge in [0.05, 0.1) is 45.1 Å². The summed E-state index contributed by atoms with van der Waals surface area (Å²) in [7, 11) is 0. The van der Waals surface area contributed by atoms with Crippen LogP contribution in [0.3, 0.4) is 0 Å². The average molecular weight is 418 g/mol. The van der Waals surface area contributed by atoms with E-state index in [9.17, 15) is 9.59 Å². The summed E-state index contributed by atoms with van der Waals surface area (Å²) in [6.07, 6.45) is 4.47. The molecule has 2 aliphatic heterocycles. The van der Waals surface area contributed by atoms with E-state index in [1.807, 2.05) is 11.8 Å². The fourth-order valence-corrected chi connectivity index (χ4v) is 4.85. The van der Waals surface area contributed by atoms with Crippen molar-refractivity contribution in [1.29, 1.82) is 0 Å². The number of ether oxygens (including phenoxy) is 3. The zero-order valence-corrected chi connectivity index (χ0v) is 17.7. The zero-order chi connectivity index (χ0) is 20.0. The van der Waals surface area contributed by atoms with Crippen LogP contribution in [0, 0.1) is 0 Å². The van der Waals surface area contributed by atoms with Crippen LogP contribution in [0.5, 0.6) is 0 Å². The number of hydrogen-bond donors (Lipinski definition) is 3. The van der Waals surface area contributed by atoms with Crippen LogP contribution in [0.1, 0.15) is 39.0 Å². The molecule has 2 aliphatic rings. The van der Waals surface area contributed by atoms with E-state index in [0.717, 1.165) is 38.0 Å². The Balaban J connectivity index is 1.34. The number of rotatable bonds is 16. The second-order valence-corrected chi connectivity index (χ2v) is 8.33. The van der Waals surface area contributed by atoms with Gasteiger partial charge < -0.3 is 30.2 Å². The molecule has 0 radical (unpaired) electrons. The minimum Gasteiger partial charge on any atom is -0.379 e. The van der Waals surface area contributed by atoms with Gasteiger partial charge in [-0.1, -0.05) is 13.3 Å². The molecule has 28 heavy (non-hydrogen) atoms. The first kappa shape index (κ1) is 23.3. The van der Waals surface area contributed by atoms with Gasteiger partial charge in [0.1, 0.15) is 0 Å². The van der Waals surface area contributed by atoms with Crippen LogP contribution in [0.2, 0.25) is 0 Å². The van der Waals surface area contributed by atoms with Crippen LogP contribution < -0.4 is 16.0 Å². The highest BCUT2D eigenvalue weighted by atomic mass is 32.2. The minimum absolute atomic E-state index is 0.0468. The SMILES string of the molecule is CCCOCCOCCOCCNC(=O)CCCC[C@H]1SC[C@H]2NC(=O)N[C@H]21. The second kappa shape index (κ2) is 14.0. The number of amides is 3. The summed E-state index contributed by atoms with van der Waals surface area (Å²) in [5.74, 6) is 1.05. The largest absolute Gasteiger partial charge is 0.379 e. The lowest BCUT2D eigenvalue weighted by Crippen LogP contribution is -2.36. The average Bonchev–Trinajstić information content (AvgIpc) is 3.22. The third kappa shape index (κ3) is 8.98. The number of hydrogen-bond acceptors (Lipinski definition) is 6. The Hall–Kier alpha value is -1.03. The maximum Gasteiger partial charge on any atom is 0.315 e. The van der Waals surface area contributed by atoms with E-state index in [-0.39, 0.29) is 24.0 Å². The zero-order valence-electron chi connectivity index (χ0n) is 16.9. The van der Waals surface area contributed by atoms with Crippen LogP contribution in [-0.4, -0.2) is 81.2 Å². The van der Waals surface area contributed by atoms with Crippen LogP contribution in [0.25, 0.3) is 0 Å². The van der Waals surface area contributed by atoms with Crippen molar-refractivity contribution in [2.45, 2.75) is 56.4 Å². The van der Waals surface area contributed by atoms with E-state index in [4.69, 9.17) is 14.2 Å². The molecule has 8 nitrogen and oxygen atoms in total. The Morgan fingerprint density at radius 3 is 2.54 bits per heavy atom. The number of carbonyl (C=O) groups is 2. The highest BCUT2D eigenvalue weighted by Gasteiger charge is 2.42. The molecule has 0 aromatic rings. The van der Waals surface area contributed by atoms with Crippen molar-refractivity contribution in [3.8, 4) is 0 Å². The summed E-state index contributed by atoms with van der Waals surface area (Å²) < 4.78 is 16.1. The van der Waals surface area contributed by atoms with Gasteiger partial charge in [0.2, 0.25) is 5.91 Å². The molecule has 2 saturated heterocycles. The summed E-state index contributed by atoms with van der Waals surface area (Å²) in [4.78, 5) is 23.2. The normalized spacial score (nSPS) is 23.3. The van der Waals surface area contributed by atoms with Crippen molar-refractivity contribution < 1.29 is 23.8 Å².